The Bertz CT molecular complexity index is 385. The van der Waals surface area contributed by atoms with E-state index in [4.69, 9.17) is 5.11 Å². The van der Waals surface area contributed by atoms with Crippen LogP contribution in [0.1, 0.15) is 25.0 Å². The molecule has 1 saturated carbocycles. The van der Waals surface area contributed by atoms with Crippen molar-refractivity contribution in [1.29, 1.82) is 0 Å². The van der Waals surface area contributed by atoms with Crippen LogP contribution in [0, 0.1) is 0 Å². The molecule has 0 atom stereocenters. The lowest BCUT2D eigenvalue weighted by Gasteiger charge is -2.20. The molecule has 0 bridgehead atoms. The van der Waals surface area contributed by atoms with Gasteiger partial charge in [0.25, 0.3) is 0 Å². The van der Waals surface area contributed by atoms with E-state index in [0.717, 1.165) is 13.0 Å². The highest BCUT2D eigenvalue weighted by atomic mass is 16.4. The number of hydrogen-bond acceptors (Lipinski definition) is 3. The van der Waals surface area contributed by atoms with Gasteiger partial charge >= 0.3 is 5.97 Å². The molecule has 17 heavy (non-hydrogen) atoms. The fraction of sp³-hybridized carbons (Fsp3) is 0.667. The Morgan fingerprint density at radius 2 is 2.35 bits per heavy atom. The third kappa shape index (κ3) is 3.56. The molecule has 0 spiro atoms. The zero-order valence-corrected chi connectivity index (χ0v) is 10.2. The van der Waals surface area contributed by atoms with Crippen molar-refractivity contribution in [1.82, 2.24) is 14.7 Å². The summed E-state index contributed by atoms with van der Waals surface area (Å²) >= 11 is 0. The number of carboxylic acids is 1. The molecule has 0 saturated heterocycles. The molecular formula is C12H19N3O2. The molecule has 5 heteroatoms. The lowest BCUT2D eigenvalue weighted by atomic mass is 10.2. The summed E-state index contributed by atoms with van der Waals surface area (Å²) in [5, 5.41) is 12.9. The van der Waals surface area contributed by atoms with Crippen molar-refractivity contribution < 1.29 is 9.90 Å². The molecule has 1 N–H and O–H groups in total. The minimum absolute atomic E-state index is 0.238. The van der Waals surface area contributed by atoms with Crippen LogP contribution in [0.15, 0.2) is 12.3 Å². The number of aliphatic carboxylic acids is 1. The first kappa shape index (κ1) is 12.1. The average molecular weight is 237 g/mol. The molecule has 1 aliphatic rings. The van der Waals surface area contributed by atoms with E-state index in [1.165, 1.54) is 18.5 Å². The highest BCUT2D eigenvalue weighted by Crippen LogP contribution is 2.26. The third-order valence-electron chi connectivity index (χ3n) is 3.25. The molecule has 2 rings (SSSR count). The Kier molecular flexibility index (Phi) is 3.78. The van der Waals surface area contributed by atoms with Crippen molar-refractivity contribution in [2.45, 2.75) is 31.7 Å². The second kappa shape index (κ2) is 5.31. The molecule has 1 fully saturated rings. The second-order valence-corrected chi connectivity index (χ2v) is 4.61. The second-order valence-electron chi connectivity index (χ2n) is 4.61. The molecule has 0 amide bonds. The van der Waals surface area contributed by atoms with E-state index in [1.54, 1.807) is 6.20 Å². The van der Waals surface area contributed by atoms with E-state index < -0.39 is 5.97 Å². The number of carboxylic acid groups (broad SMARTS) is 1. The molecular weight excluding hydrogens is 218 g/mol. The van der Waals surface area contributed by atoms with Gasteiger partial charge in [0.1, 0.15) is 0 Å². The SMILES string of the molecule is Cn1nccc1CCN(CCC(=O)O)C1CC1. The van der Waals surface area contributed by atoms with Gasteiger partial charge in [0, 0.05) is 44.5 Å². The van der Waals surface area contributed by atoms with Gasteiger partial charge in [-0.3, -0.25) is 14.4 Å². The molecule has 1 aromatic heterocycles. The van der Waals surface area contributed by atoms with E-state index in [0.29, 0.717) is 12.6 Å². The molecule has 0 unspecified atom stereocenters. The van der Waals surface area contributed by atoms with Gasteiger partial charge in [0.05, 0.1) is 6.42 Å². The number of hydrogen-bond donors (Lipinski definition) is 1. The van der Waals surface area contributed by atoms with Gasteiger partial charge in [-0.05, 0) is 18.9 Å². The summed E-state index contributed by atoms with van der Waals surface area (Å²) in [4.78, 5) is 12.9. The first-order chi connectivity index (χ1) is 8.16. The summed E-state index contributed by atoms with van der Waals surface area (Å²) in [5.74, 6) is -0.712. The lowest BCUT2D eigenvalue weighted by molar-refractivity contribution is -0.137. The smallest absolute Gasteiger partial charge is 0.304 e. The van der Waals surface area contributed by atoms with E-state index in [9.17, 15) is 4.79 Å². The molecule has 94 valence electrons. The summed E-state index contributed by atoms with van der Waals surface area (Å²) in [6, 6.07) is 2.63. The van der Waals surface area contributed by atoms with Crippen LogP contribution in [0.5, 0.6) is 0 Å². The monoisotopic (exact) mass is 237 g/mol. The number of carbonyl (C=O) groups is 1. The van der Waals surface area contributed by atoms with E-state index in [1.807, 2.05) is 17.8 Å². The summed E-state index contributed by atoms with van der Waals surface area (Å²) in [6.07, 6.45) is 5.40. The maximum absolute atomic E-state index is 10.6. The van der Waals surface area contributed by atoms with Crippen molar-refractivity contribution in [2.75, 3.05) is 13.1 Å². The average Bonchev–Trinajstić information content (AvgIpc) is 3.03. The first-order valence-corrected chi connectivity index (χ1v) is 6.09. The van der Waals surface area contributed by atoms with Gasteiger partial charge in [-0.15, -0.1) is 0 Å². The van der Waals surface area contributed by atoms with Gasteiger partial charge in [0.2, 0.25) is 0 Å². The largest absolute Gasteiger partial charge is 0.481 e. The third-order valence-corrected chi connectivity index (χ3v) is 3.25. The fourth-order valence-corrected chi connectivity index (χ4v) is 2.06. The van der Waals surface area contributed by atoms with Gasteiger partial charge in [-0.1, -0.05) is 0 Å². The quantitative estimate of drug-likeness (QED) is 0.765. The van der Waals surface area contributed by atoms with Crippen LogP contribution in [0.3, 0.4) is 0 Å². The summed E-state index contributed by atoms with van der Waals surface area (Å²) < 4.78 is 1.88. The van der Waals surface area contributed by atoms with Crippen LogP contribution in [0.25, 0.3) is 0 Å². The lowest BCUT2D eigenvalue weighted by Crippen LogP contribution is -2.31. The predicted molar refractivity (Wildman–Crippen MR) is 63.8 cm³/mol. The van der Waals surface area contributed by atoms with Crippen LogP contribution in [-0.4, -0.2) is 44.9 Å². The predicted octanol–water partition coefficient (Wildman–Crippen LogP) is 0.902. The Hall–Kier alpha value is -1.36. The maximum atomic E-state index is 10.6. The topological polar surface area (TPSA) is 58.4 Å². The van der Waals surface area contributed by atoms with E-state index in [-0.39, 0.29) is 6.42 Å². The van der Waals surface area contributed by atoms with Gasteiger partial charge in [-0.2, -0.15) is 5.10 Å². The van der Waals surface area contributed by atoms with Crippen LogP contribution in [0.4, 0.5) is 0 Å². The standard InChI is InChI=1S/C12H19N3O2/c1-14-10(4-7-13-14)5-8-15(11-2-3-11)9-6-12(16)17/h4,7,11H,2-3,5-6,8-9H2,1H3,(H,16,17). The van der Waals surface area contributed by atoms with Gasteiger partial charge in [-0.25, -0.2) is 0 Å². The van der Waals surface area contributed by atoms with Gasteiger partial charge in [0.15, 0.2) is 0 Å². The molecule has 5 nitrogen and oxygen atoms in total. The van der Waals surface area contributed by atoms with E-state index >= 15 is 0 Å². The van der Waals surface area contributed by atoms with Crippen molar-refractivity contribution >= 4 is 5.97 Å². The Morgan fingerprint density at radius 3 is 2.88 bits per heavy atom. The number of aromatic nitrogens is 2. The first-order valence-electron chi connectivity index (χ1n) is 6.09. The maximum Gasteiger partial charge on any atom is 0.304 e. The minimum Gasteiger partial charge on any atom is -0.481 e. The van der Waals surface area contributed by atoms with Crippen molar-refractivity contribution in [3.63, 3.8) is 0 Å². The molecule has 1 heterocycles. The van der Waals surface area contributed by atoms with Crippen LogP contribution >= 0.6 is 0 Å². The molecule has 1 aromatic rings. The van der Waals surface area contributed by atoms with Crippen LogP contribution < -0.4 is 0 Å². The number of nitrogens with zero attached hydrogens (tertiary/aromatic N) is 3. The number of rotatable bonds is 7. The Balaban J connectivity index is 1.81. The van der Waals surface area contributed by atoms with Gasteiger partial charge < -0.3 is 5.11 Å². The normalized spacial score (nSPS) is 15.4. The summed E-state index contributed by atoms with van der Waals surface area (Å²) in [7, 11) is 1.94. The Labute approximate surface area is 101 Å². The highest BCUT2D eigenvalue weighted by Gasteiger charge is 2.28. The zero-order valence-electron chi connectivity index (χ0n) is 10.2. The summed E-state index contributed by atoms with van der Waals surface area (Å²) in [6.45, 7) is 1.59. The zero-order chi connectivity index (χ0) is 12.3. The van der Waals surface area contributed by atoms with E-state index in [2.05, 4.69) is 10.00 Å². The summed E-state index contributed by atoms with van der Waals surface area (Å²) in [5.41, 5.74) is 1.20. The fourth-order valence-electron chi connectivity index (χ4n) is 2.06. The minimum atomic E-state index is -0.712. The molecule has 0 aliphatic heterocycles. The van der Waals surface area contributed by atoms with Crippen molar-refractivity contribution in [2.24, 2.45) is 7.05 Å². The highest BCUT2D eigenvalue weighted by molar-refractivity contribution is 5.66. The molecule has 1 aliphatic carbocycles. The number of aryl methyl sites for hydroxylation is 1. The van der Waals surface area contributed by atoms with Crippen molar-refractivity contribution in [3.05, 3.63) is 18.0 Å². The van der Waals surface area contributed by atoms with Crippen LogP contribution in [-0.2, 0) is 18.3 Å². The van der Waals surface area contributed by atoms with Crippen LogP contribution in [0.2, 0.25) is 0 Å². The molecule has 0 radical (unpaired) electrons. The Morgan fingerprint density at radius 1 is 1.59 bits per heavy atom. The van der Waals surface area contributed by atoms with Crippen molar-refractivity contribution in [3.8, 4) is 0 Å². The molecule has 0 aromatic carbocycles.